The van der Waals surface area contributed by atoms with Crippen molar-refractivity contribution < 1.29 is 14.7 Å². The highest BCUT2D eigenvalue weighted by Crippen LogP contribution is 2.24. The molecule has 102 valence electrons. The maximum Gasteiger partial charge on any atom is 0.308 e. The van der Waals surface area contributed by atoms with E-state index in [-0.39, 0.29) is 12.5 Å². The van der Waals surface area contributed by atoms with E-state index in [4.69, 9.17) is 5.11 Å². The Kier molecular flexibility index (Phi) is 4.20. The summed E-state index contributed by atoms with van der Waals surface area (Å²) < 4.78 is 0. The summed E-state index contributed by atoms with van der Waals surface area (Å²) in [5, 5.41) is 9.07. The first-order valence-electron chi connectivity index (χ1n) is 6.74. The normalized spacial score (nSPS) is 19.5. The number of carbonyl (C=O) groups is 2. The minimum atomic E-state index is -0.819. The van der Waals surface area contributed by atoms with Gasteiger partial charge in [0.05, 0.1) is 5.92 Å². The van der Waals surface area contributed by atoms with E-state index in [1.165, 1.54) is 5.56 Å². The van der Waals surface area contributed by atoms with Gasteiger partial charge in [0, 0.05) is 18.7 Å². The van der Waals surface area contributed by atoms with Gasteiger partial charge in [0.25, 0.3) is 0 Å². The number of carbonyl (C=O) groups excluding carboxylic acids is 1. The molecule has 1 aliphatic heterocycles. The Morgan fingerprint density at radius 1 is 1.37 bits per heavy atom. The molecule has 1 aromatic rings. The van der Waals surface area contributed by atoms with Gasteiger partial charge < -0.3 is 10.0 Å². The standard InChI is InChI=1S/C15H19NO3/c1-2-3-11-4-7-13(8-5-11)16-10-12(15(18)19)6-9-14(16)17/h4-5,7-8,12H,2-3,6,9-10H2,1H3,(H,18,19). The molecule has 0 radical (unpaired) electrons. The molecule has 1 atom stereocenters. The second kappa shape index (κ2) is 5.87. The van der Waals surface area contributed by atoms with Gasteiger partial charge in [0.2, 0.25) is 5.91 Å². The Bertz CT molecular complexity index is 467. The van der Waals surface area contributed by atoms with Crippen molar-refractivity contribution in [1.82, 2.24) is 0 Å². The zero-order valence-electron chi connectivity index (χ0n) is 11.1. The quantitative estimate of drug-likeness (QED) is 0.905. The number of piperidine rings is 1. The molecule has 1 fully saturated rings. The van der Waals surface area contributed by atoms with E-state index in [1.807, 2.05) is 24.3 Å². The Balaban J connectivity index is 2.14. The summed E-state index contributed by atoms with van der Waals surface area (Å²) in [6.07, 6.45) is 2.86. The fraction of sp³-hybridized carbons (Fsp3) is 0.467. The number of amides is 1. The van der Waals surface area contributed by atoms with Gasteiger partial charge in [0.1, 0.15) is 0 Å². The topological polar surface area (TPSA) is 57.6 Å². The lowest BCUT2D eigenvalue weighted by Crippen LogP contribution is -2.42. The predicted octanol–water partition coefficient (Wildman–Crippen LogP) is 2.47. The fourth-order valence-electron chi connectivity index (χ4n) is 2.43. The highest BCUT2D eigenvalue weighted by Gasteiger charge is 2.30. The van der Waals surface area contributed by atoms with Crippen LogP contribution in [0.5, 0.6) is 0 Å². The number of benzene rings is 1. The first kappa shape index (κ1) is 13.6. The molecule has 4 nitrogen and oxygen atoms in total. The summed E-state index contributed by atoms with van der Waals surface area (Å²) >= 11 is 0. The molecule has 0 spiro atoms. The van der Waals surface area contributed by atoms with Crippen LogP contribution in [-0.4, -0.2) is 23.5 Å². The van der Waals surface area contributed by atoms with Crippen molar-refractivity contribution in [1.29, 1.82) is 0 Å². The molecule has 0 saturated carbocycles. The molecule has 1 amide bonds. The number of hydrogen-bond acceptors (Lipinski definition) is 2. The maximum absolute atomic E-state index is 11.9. The molecular weight excluding hydrogens is 242 g/mol. The summed E-state index contributed by atoms with van der Waals surface area (Å²) in [7, 11) is 0. The molecule has 2 rings (SSSR count). The number of aliphatic carboxylic acids is 1. The van der Waals surface area contributed by atoms with Gasteiger partial charge in [-0.15, -0.1) is 0 Å². The number of anilines is 1. The smallest absolute Gasteiger partial charge is 0.308 e. The van der Waals surface area contributed by atoms with Crippen LogP contribution in [0.3, 0.4) is 0 Å². The second-order valence-corrected chi connectivity index (χ2v) is 4.99. The lowest BCUT2D eigenvalue weighted by Gasteiger charge is -2.30. The van der Waals surface area contributed by atoms with E-state index in [1.54, 1.807) is 4.90 Å². The first-order valence-corrected chi connectivity index (χ1v) is 6.74. The summed E-state index contributed by atoms with van der Waals surface area (Å²) in [5.41, 5.74) is 2.04. The molecule has 0 aromatic heterocycles. The lowest BCUT2D eigenvalue weighted by molar-refractivity contribution is -0.142. The number of nitrogens with zero attached hydrogens (tertiary/aromatic N) is 1. The Morgan fingerprint density at radius 2 is 2.05 bits per heavy atom. The van der Waals surface area contributed by atoms with Gasteiger partial charge in [-0.05, 0) is 30.5 Å². The Morgan fingerprint density at radius 3 is 2.63 bits per heavy atom. The van der Waals surface area contributed by atoms with Gasteiger partial charge in [-0.1, -0.05) is 25.5 Å². The summed E-state index contributed by atoms with van der Waals surface area (Å²) in [4.78, 5) is 24.5. The van der Waals surface area contributed by atoms with E-state index in [2.05, 4.69) is 6.92 Å². The van der Waals surface area contributed by atoms with E-state index in [0.29, 0.717) is 12.8 Å². The molecule has 1 aromatic carbocycles. The third kappa shape index (κ3) is 3.13. The van der Waals surface area contributed by atoms with Crippen LogP contribution in [0.4, 0.5) is 5.69 Å². The molecule has 1 N–H and O–H groups in total. The van der Waals surface area contributed by atoms with Crippen molar-refractivity contribution in [3.05, 3.63) is 29.8 Å². The average molecular weight is 261 g/mol. The number of aryl methyl sites for hydroxylation is 1. The third-order valence-electron chi connectivity index (χ3n) is 3.55. The SMILES string of the molecule is CCCc1ccc(N2CC(C(=O)O)CCC2=O)cc1. The van der Waals surface area contributed by atoms with Crippen LogP contribution in [0.1, 0.15) is 31.7 Å². The Labute approximate surface area is 113 Å². The zero-order chi connectivity index (χ0) is 13.8. The van der Waals surface area contributed by atoms with E-state index >= 15 is 0 Å². The van der Waals surface area contributed by atoms with Crippen LogP contribution in [0.15, 0.2) is 24.3 Å². The van der Waals surface area contributed by atoms with Crippen molar-refractivity contribution in [3.63, 3.8) is 0 Å². The second-order valence-electron chi connectivity index (χ2n) is 4.99. The molecule has 4 heteroatoms. The predicted molar refractivity (Wildman–Crippen MR) is 73.1 cm³/mol. The van der Waals surface area contributed by atoms with Crippen LogP contribution >= 0.6 is 0 Å². The van der Waals surface area contributed by atoms with Crippen molar-refractivity contribution >= 4 is 17.6 Å². The Hall–Kier alpha value is -1.84. The van der Waals surface area contributed by atoms with Crippen LogP contribution in [-0.2, 0) is 16.0 Å². The molecular formula is C15H19NO3. The van der Waals surface area contributed by atoms with Gasteiger partial charge in [-0.25, -0.2) is 0 Å². The van der Waals surface area contributed by atoms with Gasteiger partial charge >= 0.3 is 5.97 Å². The summed E-state index contributed by atoms with van der Waals surface area (Å²) in [6, 6.07) is 7.84. The molecule has 1 aliphatic rings. The van der Waals surface area contributed by atoms with E-state index in [0.717, 1.165) is 18.5 Å². The zero-order valence-corrected chi connectivity index (χ0v) is 11.1. The van der Waals surface area contributed by atoms with Crippen molar-refractivity contribution in [3.8, 4) is 0 Å². The number of carboxylic acid groups (broad SMARTS) is 1. The van der Waals surface area contributed by atoms with Crippen molar-refractivity contribution in [2.24, 2.45) is 5.92 Å². The maximum atomic E-state index is 11.9. The van der Waals surface area contributed by atoms with Crippen LogP contribution in [0.25, 0.3) is 0 Å². The minimum Gasteiger partial charge on any atom is -0.481 e. The number of hydrogen-bond donors (Lipinski definition) is 1. The van der Waals surface area contributed by atoms with Gasteiger partial charge in [-0.2, -0.15) is 0 Å². The number of rotatable bonds is 4. The lowest BCUT2D eigenvalue weighted by atomic mass is 9.97. The molecule has 19 heavy (non-hydrogen) atoms. The van der Waals surface area contributed by atoms with Crippen LogP contribution in [0, 0.1) is 5.92 Å². The molecule has 0 aliphatic carbocycles. The van der Waals surface area contributed by atoms with Crippen molar-refractivity contribution in [2.45, 2.75) is 32.6 Å². The molecule has 0 bridgehead atoms. The largest absolute Gasteiger partial charge is 0.481 e. The van der Waals surface area contributed by atoms with Crippen LogP contribution in [0.2, 0.25) is 0 Å². The van der Waals surface area contributed by atoms with E-state index < -0.39 is 11.9 Å². The van der Waals surface area contributed by atoms with E-state index in [9.17, 15) is 9.59 Å². The average Bonchev–Trinajstić information content (AvgIpc) is 2.40. The summed E-state index contributed by atoms with van der Waals surface area (Å²) in [5.74, 6) is -1.26. The van der Waals surface area contributed by atoms with Gasteiger partial charge in [0.15, 0.2) is 0 Å². The fourth-order valence-corrected chi connectivity index (χ4v) is 2.43. The van der Waals surface area contributed by atoms with Gasteiger partial charge in [-0.3, -0.25) is 9.59 Å². The first-order chi connectivity index (χ1) is 9.11. The highest BCUT2D eigenvalue weighted by atomic mass is 16.4. The highest BCUT2D eigenvalue weighted by molar-refractivity contribution is 5.95. The molecule has 1 saturated heterocycles. The minimum absolute atomic E-state index is 0.0146. The number of carboxylic acids is 1. The molecule has 1 heterocycles. The third-order valence-corrected chi connectivity index (χ3v) is 3.55. The molecule has 1 unspecified atom stereocenters. The monoisotopic (exact) mass is 261 g/mol. The van der Waals surface area contributed by atoms with Crippen molar-refractivity contribution in [2.75, 3.05) is 11.4 Å². The summed E-state index contributed by atoms with van der Waals surface area (Å²) in [6.45, 7) is 2.40. The van der Waals surface area contributed by atoms with Crippen LogP contribution < -0.4 is 4.90 Å².